The number of carbonyl (C=O) groups is 1. The molecule has 0 bridgehead atoms. The van der Waals surface area contributed by atoms with Gasteiger partial charge in [0.05, 0.1) is 16.9 Å². The van der Waals surface area contributed by atoms with Crippen LogP contribution in [0.2, 0.25) is 0 Å². The molecular weight excluding hydrogens is 242 g/mol. The first-order valence-corrected chi connectivity index (χ1v) is 6.40. The highest BCUT2D eigenvalue weighted by Crippen LogP contribution is 2.29. The number of rotatable bonds is 1. The zero-order valence-corrected chi connectivity index (χ0v) is 11.9. The van der Waals surface area contributed by atoms with Crippen molar-refractivity contribution in [1.82, 2.24) is 9.88 Å². The molecule has 0 aliphatic carbocycles. The van der Waals surface area contributed by atoms with E-state index in [4.69, 9.17) is 10.5 Å². The van der Waals surface area contributed by atoms with E-state index in [0.717, 1.165) is 0 Å². The summed E-state index contributed by atoms with van der Waals surface area (Å²) in [7, 11) is 0. The van der Waals surface area contributed by atoms with Crippen molar-refractivity contribution in [2.24, 2.45) is 0 Å². The van der Waals surface area contributed by atoms with Gasteiger partial charge in [0.2, 0.25) is 0 Å². The molecule has 2 rings (SSSR count). The maximum Gasteiger partial charge on any atom is 0.274 e. The summed E-state index contributed by atoms with van der Waals surface area (Å²) in [4.78, 5) is 18.4. The lowest BCUT2D eigenvalue weighted by Gasteiger charge is -2.47. The van der Waals surface area contributed by atoms with Crippen molar-refractivity contribution in [2.45, 2.75) is 38.9 Å². The number of anilines is 1. The first-order valence-electron chi connectivity index (χ1n) is 6.40. The molecule has 5 heteroatoms. The molecule has 104 valence electrons. The number of nitrogen functional groups attached to an aromatic ring is 1. The Morgan fingerprint density at radius 2 is 1.89 bits per heavy atom. The molecule has 0 aromatic carbocycles. The molecule has 0 saturated carbocycles. The molecular formula is C14H21N3O2. The zero-order valence-electron chi connectivity index (χ0n) is 11.9. The van der Waals surface area contributed by atoms with Gasteiger partial charge < -0.3 is 15.4 Å². The Labute approximate surface area is 113 Å². The summed E-state index contributed by atoms with van der Waals surface area (Å²) in [6, 6.07) is 3.41. The third-order valence-electron chi connectivity index (χ3n) is 3.02. The number of carbonyl (C=O) groups excluding carboxylic acids is 1. The molecule has 1 aromatic heterocycles. The molecule has 0 spiro atoms. The summed E-state index contributed by atoms with van der Waals surface area (Å²) < 4.78 is 5.96. The van der Waals surface area contributed by atoms with Crippen LogP contribution >= 0.6 is 0 Å². The molecule has 2 heterocycles. The van der Waals surface area contributed by atoms with E-state index in [1.165, 1.54) is 0 Å². The van der Waals surface area contributed by atoms with Crippen molar-refractivity contribution in [2.75, 3.05) is 18.8 Å². The van der Waals surface area contributed by atoms with E-state index in [-0.39, 0.29) is 17.1 Å². The van der Waals surface area contributed by atoms with Gasteiger partial charge in [0.15, 0.2) is 5.69 Å². The van der Waals surface area contributed by atoms with Gasteiger partial charge in [0.25, 0.3) is 5.91 Å². The number of hydrogen-bond donors (Lipinski definition) is 1. The van der Waals surface area contributed by atoms with Crippen LogP contribution in [0, 0.1) is 0 Å². The van der Waals surface area contributed by atoms with E-state index < -0.39 is 0 Å². The summed E-state index contributed by atoms with van der Waals surface area (Å²) in [5.41, 5.74) is 5.80. The highest BCUT2D eigenvalue weighted by atomic mass is 16.5. The van der Waals surface area contributed by atoms with Crippen LogP contribution in [-0.2, 0) is 4.74 Å². The Hall–Kier alpha value is -1.62. The minimum absolute atomic E-state index is 0.137. The Balaban J connectivity index is 2.27. The second-order valence-electron chi connectivity index (χ2n) is 6.22. The van der Waals surface area contributed by atoms with Gasteiger partial charge in [0, 0.05) is 19.3 Å². The number of pyridine rings is 1. The van der Waals surface area contributed by atoms with Crippen molar-refractivity contribution < 1.29 is 9.53 Å². The topological polar surface area (TPSA) is 68.5 Å². The summed E-state index contributed by atoms with van der Waals surface area (Å²) in [6.45, 7) is 8.99. The van der Waals surface area contributed by atoms with Gasteiger partial charge in [-0.2, -0.15) is 0 Å². The quantitative estimate of drug-likeness (QED) is 0.837. The maximum absolute atomic E-state index is 12.5. The van der Waals surface area contributed by atoms with Crippen molar-refractivity contribution >= 4 is 11.6 Å². The summed E-state index contributed by atoms with van der Waals surface area (Å²) in [5, 5.41) is 0. The summed E-state index contributed by atoms with van der Waals surface area (Å²) in [6.07, 6.45) is 1.58. The van der Waals surface area contributed by atoms with Gasteiger partial charge in [-0.15, -0.1) is 0 Å². The largest absolute Gasteiger partial charge is 0.397 e. The minimum atomic E-state index is -0.374. The van der Waals surface area contributed by atoms with Crippen LogP contribution < -0.4 is 5.73 Å². The lowest BCUT2D eigenvalue weighted by Crippen LogP contribution is -2.58. The number of hydrogen-bond acceptors (Lipinski definition) is 4. The molecule has 2 N–H and O–H groups in total. The number of amides is 1. The molecule has 19 heavy (non-hydrogen) atoms. The second kappa shape index (κ2) is 4.49. The van der Waals surface area contributed by atoms with E-state index in [9.17, 15) is 4.79 Å². The van der Waals surface area contributed by atoms with E-state index in [1.54, 1.807) is 23.2 Å². The molecule has 1 aliphatic heterocycles. The molecule has 5 nitrogen and oxygen atoms in total. The van der Waals surface area contributed by atoms with Crippen LogP contribution in [0.3, 0.4) is 0 Å². The minimum Gasteiger partial charge on any atom is -0.397 e. The highest BCUT2D eigenvalue weighted by molar-refractivity contribution is 5.97. The second-order valence-corrected chi connectivity index (χ2v) is 6.22. The Morgan fingerprint density at radius 3 is 2.42 bits per heavy atom. The van der Waals surface area contributed by atoms with Crippen molar-refractivity contribution in [3.05, 3.63) is 24.0 Å². The average Bonchev–Trinajstić information content (AvgIpc) is 2.24. The van der Waals surface area contributed by atoms with E-state index in [1.807, 2.05) is 27.7 Å². The fourth-order valence-corrected chi connectivity index (χ4v) is 2.68. The van der Waals surface area contributed by atoms with E-state index in [2.05, 4.69) is 4.98 Å². The first-order chi connectivity index (χ1) is 8.70. The maximum atomic E-state index is 12.5. The van der Waals surface area contributed by atoms with E-state index in [0.29, 0.717) is 24.5 Å². The fraction of sp³-hybridized carbons (Fsp3) is 0.571. The van der Waals surface area contributed by atoms with Crippen LogP contribution in [0.1, 0.15) is 38.2 Å². The van der Waals surface area contributed by atoms with Gasteiger partial charge in [-0.3, -0.25) is 4.79 Å². The lowest BCUT2D eigenvalue weighted by atomic mass is 9.98. The normalized spacial score (nSPS) is 21.2. The molecule has 1 saturated heterocycles. The molecule has 1 amide bonds. The summed E-state index contributed by atoms with van der Waals surface area (Å²) >= 11 is 0. The number of aromatic nitrogens is 1. The van der Waals surface area contributed by atoms with Crippen LogP contribution in [-0.4, -0.2) is 40.1 Å². The standard InChI is InChI=1S/C14H21N3O2/c1-13(2)8-17(9-14(3,4)19-13)12(18)11-10(15)6-5-7-16-11/h5-7H,8-9,15H2,1-4H3. The third-order valence-corrected chi connectivity index (χ3v) is 3.02. The lowest BCUT2D eigenvalue weighted by molar-refractivity contribution is -0.171. The van der Waals surface area contributed by atoms with Crippen LogP contribution in [0.5, 0.6) is 0 Å². The Bertz CT molecular complexity index is 481. The van der Waals surface area contributed by atoms with Crippen molar-refractivity contribution in [3.63, 3.8) is 0 Å². The molecule has 0 atom stereocenters. The van der Waals surface area contributed by atoms with Crippen LogP contribution in [0.25, 0.3) is 0 Å². The van der Waals surface area contributed by atoms with Gasteiger partial charge >= 0.3 is 0 Å². The number of nitrogens with two attached hydrogens (primary N) is 1. The number of ether oxygens (including phenoxy) is 1. The van der Waals surface area contributed by atoms with Gasteiger partial charge in [0.1, 0.15) is 0 Å². The summed E-state index contributed by atoms with van der Waals surface area (Å²) in [5.74, 6) is -0.137. The Morgan fingerprint density at radius 1 is 1.32 bits per heavy atom. The number of nitrogens with zero attached hydrogens (tertiary/aromatic N) is 2. The molecule has 1 fully saturated rings. The molecule has 1 aromatic rings. The predicted molar refractivity (Wildman–Crippen MR) is 73.8 cm³/mol. The van der Waals surface area contributed by atoms with Crippen LogP contribution in [0.4, 0.5) is 5.69 Å². The molecule has 0 unspecified atom stereocenters. The monoisotopic (exact) mass is 263 g/mol. The van der Waals surface area contributed by atoms with Crippen molar-refractivity contribution in [3.8, 4) is 0 Å². The van der Waals surface area contributed by atoms with Crippen molar-refractivity contribution in [1.29, 1.82) is 0 Å². The molecule has 1 aliphatic rings. The van der Waals surface area contributed by atoms with Gasteiger partial charge in [-0.1, -0.05) is 0 Å². The SMILES string of the molecule is CC1(C)CN(C(=O)c2ncccc2N)CC(C)(C)O1. The van der Waals surface area contributed by atoms with Gasteiger partial charge in [-0.05, 0) is 39.8 Å². The van der Waals surface area contributed by atoms with Gasteiger partial charge in [-0.25, -0.2) is 4.98 Å². The highest BCUT2D eigenvalue weighted by Gasteiger charge is 2.40. The molecule has 0 radical (unpaired) electrons. The van der Waals surface area contributed by atoms with E-state index >= 15 is 0 Å². The van der Waals surface area contributed by atoms with Crippen LogP contribution in [0.15, 0.2) is 18.3 Å². The zero-order chi connectivity index (χ0) is 14.3. The third kappa shape index (κ3) is 3.04. The average molecular weight is 263 g/mol. The Kier molecular flexibility index (Phi) is 3.26. The smallest absolute Gasteiger partial charge is 0.274 e. The predicted octanol–water partition coefficient (Wildman–Crippen LogP) is 1.69. The first kappa shape index (κ1) is 13.8. The number of morpholine rings is 1. The fourth-order valence-electron chi connectivity index (χ4n) is 2.68.